The molecule has 1 aliphatic carbocycles. The van der Waals surface area contributed by atoms with Crippen LogP contribution in [0.25, 0.3) is 0 Å². The molecular weight excluding hydrogens is 252 g/mol. The molecule has 0 bridgehead atoms. The van der Waals surface area contributed by atoms with Gasteiger partial charge in [0.05, 0.1) is 23.5 Å². The quantitative estimate of drug-likeness (QED) is 0.653. The average molecular weight is 276 g/mol. The van der Waals surface area contributed by atoms with Gasteiger partial charge in [-0.15, -0.1) is 0 Å². The number of anilines is 2. The van der Waals surface area contributed by atoms with Crippen molar-refractivity contribution in [2.45, 2.75) is 45.6 Å². The summed E-state index contributed by atoms with van der Waals surface area (Å²) < 4.78 is 5.10. The van der Waals surface area contributed by atoms with Gasteiger partial charge in [-0.2, -0.15) is 0 Å². The summed E-state index contributed by atoms with van der Waals surface area (Å²) in [5.74, 6) is 0.406. The molecule has 20 heavy (non-hydrogen) atoms. The second-order valence-corrected chi connectivity index (χ2v) is 5.60. The zero-order valence-corrected chi connectivity index (χ0v) is 12.3. The highest BCUT2D eigenvalue weighted by Gasteiger charge is 2.22. The Morgan fingerprint density at radius 1 is 1.45 bits per heavy atom. The van der Waals surface area contributed by atoms with Crippen molar-refractivity contribution in [3.8, 4) is 0 Å². The van der Waals surface area contributed by atoms with Gasteiger partial charge in [-0.25, -0.2) is 4.79 Å². The van der Waals surface area contributed by atoms with Crippen LogP contribution in [-0.4, -0.2) is 18.6 Å². The van der Waals surface area contributed by atoms with Gasteiger partial charge < -0.3 is 15.8 Å². The zero-order chi connectivity index (χ0) is 14.5. The van der Waals surface area contributed by atoms with Crippen LogP contribution in [-0.2, 0) is 4.74 Å². The number of rotatable bonds is 4. The van der Waals surface area contributed by atoms with Gasteiger partial charge in [0.1, 0.15) is 0 Å². The van der Waals surface area contributed by atoms with Crippen LogP contribution in [0.15, 0.2) is 18.2 Å². The molecule has 0 aromatic heterocycles. The SMILES string of the molecule is CCOC(=O)c1cccc(N)c1NC1CCCC(C)C1. The minimum atomic E-state index is -0.314. The van der Waals surface area contributed by atoms with Gasteiger partial charge in [-0.05, 0) is 37.8 Å². The summed E-state index contributed by atoms with van der Waals surface area (Å²) in [7, 11) is 0. The fourth-order valence-corrected chi connectivity index (χ4v) is 2.88. The number of ether oxygens (including phenoxy) is 1. The molecule has 1 aromatic rings. The monoisotopic (exact) mass is 276 g/mol. The van der Waals surface area contributed by atoms with Gasteiger partial charge >= 0.3 is 5.97 Å². The summed E-state index contributed by atoms with van der Waals surface area (Å²) in [6, 6.07) is 5.76. The molecule has 0 spiro atoms. The lowest BCUT2D eigenvalue weighted by atomic mass is 9.87. The predicted octanol–water partition coefficient (Wildman–Crippen LogP) is 3.44. The summed E-state index contributed by atoms with van der Waals surface area (Å²) >= 11 is 0. The van der Waals surface area contributed by atoms with E-state index in [4.69, 9.17) is 10.5 Å². The first-order valence-corrected chi connectivity index (χ1v) is 7.44. The number of esters is 1. The van der Waals surface area contributed by atoms with E-state index < -0.39 is 0 Å². The number of hydrogen-bond acceptors (Lipinski definition) is 4. The van der Waals surface area contributed by atoms with Gasteiger partial charge in [0, 0.05) is 6.04 Å². The molecule has 3 N–H and O–H groups in total. The Hall–Kier alpha value is -1.71. The van der Waals surface area contributed by atoms with Crippen LogP contribution < -0.4 is 11.1 Å². The summed E-state index contributed by atoms with van der Waals surface area (Å²) in [6.07, 6.45) is 4.75. The number of nitrogens with one attached hydrogen (secondary N) is 1. The largest absolute Gasteiger partial charge is 0.462 e. The number of nitrogens with two attached hydrogens (primary N) is 1. The van der Waals surface area contributed by atoms with Crippen molar-refractivity contribution < 1.29 is 9.53 Å². The molecule has 1 saturated carbocycles. The first kappa shape index (κ1) is 14.7. The maximum atomic E-state index is 12.0. The van der Waals surface area contributed by atoms with Crippen LogP contribution in [0.1, 0.15) is 49.9 Å². The van der Waals surface area contributed by atoms with E-state index in [2.05, 4.69) is 12.2 Å². The van der Waals surface area contributed by atoms with E-state index in [0.717, 1.165) is 24.4 Å². The van der Waals surface area contributed by atoms with Crippen molar-refractivity contribution in [2.75, 3.05) is 17.7 Å². The van der Waals surface area contributed by atoms with Gasteiger partial charge in [0.2, 0.25) is 0 Å². The third kappa shape index (κ3) is 3.44. The Kier molecular flexibility index (Phi) is 4.88. The highest BCUT2D eigenvalue weighted by Crippen LogP contribution is 2.30. The average Bonchev–Trinajstić information content (AvgIpc) is 2.41. The Balaban J connectivity index is 2.19. The van der Waals surface area contributed by atoms with Crippen LogP contribution in [0.3, 0.4) is 0 Å². The molecule has 0 radical (unpaired) electrons. The molecular formula is C16H24N2O2. The lowest BCUT2D eigenvalue weighted by Gasteiger charge is -2.29. The first-order chi connectivity index (χ1) is 9.61. The highest BCUT2D eigenvalue weighted by molar-refractivity contribution is 5.98. The summed E-state index contributed by atoms with van der Waals surface area (Å²) in [6.45, 7) is 4.45. The molecule has 4 nitrogen and oxygen atoms in total. The number of benzene rings is 1. The second-order valence-electron chi connectivity index (χ2n) is 5.60. The van der Waals surface area contributed by atoms with Gasteiger partial charge in [-0.3, -0.25) is 0 Å². The molecule has 1 aliphatic rings. The van der Waals surface area contributed by atoms with E-state index >= 15 is 0 Å². The third-order valence-corrected chi connectivity index (χ3v) is 3.88. The van der Waals surface area contributed by atoms with E-state index in [9.17, 15) is 4.79 Å². The van der Waals surface area contributed by atoms with Gasteiger partial charge in [-0.1, -0.05) is 25.8 Å². The number of para-hydroxylation sites is 1. The van der Waals surface area contributed by atoms with E-state index in [1.807, 2.05) is 6.07 Å². The third-order valence-electron chi connectivity index (χ3n) is 3.88. The molecule has 0 saturated heterocycles. The number of hydrogen-bond donors (Lipinski definition) is 2. The molecule has 2 rings (SSSR count). The van der Waals surface area contributed by atoms with Crippen LogP contribution in [0.4, 0.5) is 11.4 Å². The highest BCUT2D eigenvalue weighted by atomic mass is 16.5. The minimum absolute atomic E-state index is 0.314. The van der Waals surface area contributed by atoms with Crippen LogP contribution in [0, 0.1) is 5.92 Å². The van der Waals surface area contributed by atoms with Crippen LogP contribution in [0.5, 0.6) is 0 Å². The fraction of sp³-hybridized carbons (Fsp3) is 0.562. The van der Waals surface area contributed by atoms with E-state index in [0.29, 0.717) is 23.9 Å². The van der Waals surface area contributed by atoms with Crippen molar-refractivity contribution in [3.05, 3.63) is 23.8 Å². The molecule has 110 valence electrons. The second kappa shape index (κ2) is 6.64. The van der Waals surface area contributed by atoms with Crippen molar-refractivity contribution >= 4 is 17.3 Å². The van der Waals surface area contributed by atoms with E-state index in [1.54, 1.807) is 19.1 Å². The molecule has 1 aromatic carbocycles. The van der Waals surface area contributed by atoms with Crippen molar-refractivity contribution in [3.63, 3.8) is 0 Å². The molecule has 4 heteroatoms. The summed E-state index contributed by atoms with van der Waals surface area (Å²) in [5, 5.41) is 3.46. The van der Waals surface area contributed by atoms with Crippen molar-refractivity contribution in [1.82, 2.24) is 0 Å². The van der Waals surface area contributed by atoms with Crippen LogP contribution in [0.2, 0.25) is 0 Å². The topological polar surface area (TPSA) is 64.3 Å². The summed E-state index contributed by atoms with van der Waals surface area (Å²) in [5.41, 5.74) is 7.90. The Morgan fingerprint density at radius 2 is 2.25 bits per heavy atom. The molecule has 2 atom stereocenters. The van der Waals surface area contributed by atoms with Crippen LogP contribution >= 0.6 is 0 Å². The van der Waals surface area contributed by atoms with Crippen molar-refractivity contribution in [2.24, 2.45) is 5.92 Å². The lowest BCUT2D eigenvalue weighted by Crippen LogP contribution is -2.27. The number of carbonyl (C=O) groups excluding carboxylic acids is 1. The number of carbonyl (C=O) groups is 1. The molecule has 0 aliphatic heterocycles. The Bertz CT molecular complexity index is 474. The molecule has 0 amide bonds. The van der Waals surface area contributed by atoms with Gasteiger partial charge in [0.25, 0.3) is 0 Å². The van der Waals surface area contributed by atoms with Gasteiger partial charge in [0.15, 0.2) is 0 Å². The minimum Gasteiger partial charge on any atom is -0.462 e. The molecule has 0 heterocycles. The number of nitrogen functional groups attached to an aromatic ring is 1. The predicted molar refractivity (Wildman–Crippen MR) is 81.9 cm³/mol. The van der Waals surface area contributed by atoms with E-state index in [1.165, 1.54) is 12.8 Å². The zero-order valence-electron chi connectivity index (χ0n) is 12.3. The first-order valence-electron chi connectivity index (χ1n) is 7.44. The van der Waals surface area contributed by atoms with Crippen molar-refractivity contribution in [1.29, 1.82) is 0 Å². The maximum absolute atomic E-state index is 12.0. The summed E-state index contributed by atoms with van der Waals surface area (Å²) in [4.78, 5) is 12.0. The van der Waals surface area contributed by atoms with E-state index in [-0.39, 0.29) is 5.97 Å². The standard InChI is InChI=1S/C16H24N2O2/c1-3-20-16(19)13-8-5-9-14(17)15(13)18-12-7-4-6-11(2)10-12/h5,8-9,11-12,18H,3-4,6-7,10,17H2,1-2H3. The molecule has 2 unspecified atom stereocenters. The fourth-order valence-electron chi connectivity index (χ4n) is 2.88. The Labute approximate surface area is 120 Å². The maximum Gasteiger partial charge on any atom is 0.340 e. The smallest absolute Gasteiger partial charge is 0.340 e. The lowest BCUT2D eigenvalue weighted by molar-refractivity contribution is 0.0527. The Morgan fingerprint density at radius 3 is 2.95 bits per heavy atom. The normalized spacial score (nSPS) is 22.3. The molecule has 1 fully saturated rings.